The van der Waals surface area contributed by atoms with E-state index >= 15 is 0 Å². The summed E-state index contributed by atoms with van der Waals surface area (Å²) in [6.45, 7) is 4.87. The lowest BCUT2D eigenvalue weighted by molar-refractivity contribution is 0.0579. The van der Waals surface area contributed by atoms with E-state index in [0.717, 1.165) is 0 Å². The lowest BCUT2D eigenvalue weighted by Gasteiger charge is -2.27. The number of aromatic nitrogens is 1. The maximum atomic E-state index is 12.4. The molecule has 0 aliphatic carbocycles. The zero-order chi connectivity index (χ0) is 13.7. The van der Waals surface area contributed by atoms with Gasteiger partial charge in [0, 0.05) is 19.9 Å². The lowest BCUT2D eigenvalue weighted by Crippen LogP contribution is -2.41. The van der Waals surface area contributed by atoms with E-state index in [-0.39, 0.29) is 17.8 Å². The summed E-state index contributed by atoms with van der Waals surface area (Å²) in [6.07, 6.45) is 1.39. The number of methoxy groups -OCH3 is 1. The second kappa shape index (κ2) is 6.56. The number of carbonyl (C=O) groups is 1. The summed E-state index contributed by atoms with van der Waals surface area (Å²) in [5.41, 5.74) is 5.95. The van der Waals surface area contributed by atoms with Crippen molar-refractivity contribution in [2.45, 2.75) is 19.9 Å². The van der Waals surface area contributed by atoms with Gasteiger partial charge in [0.15, 0.2) is 0 Å². The SMILES string of the molecule is CCN(C(=O)c1cc(N)ncc1Cl)C(C)COC. The number of ether oxygens (including phenoxy) is 1. The molecule has 0 spiro atoms. The maximum absolute atomic E-state index is 12.4. The van der Waals surface area contributed by atoms with Crippen LogP contribution in [0.3, 0.4) is 0 Å². The Morgan fingerprint density at radius 2 is 2.33 bits per heavy atom. The molecule has 1 aromatic heterocycles. The Kier molecular flexibility index (Phi) is 5.37. The minimum Gasteiger partial charge on any atom is -0.384 e. The van der Waals surface area contributed by atoms with Gasteiger partial charge < -0.3 is 15.4 Å². The van der Waals surface area contributed by atoms with E-state index in [2.05, 4.69) is 4.98 Å². The molecule has 0 aliphatic heterocycles. The fourth-order valence-electron chi connectivity index (χ4n) is 1.76. The van der Waals surface area contributed by atoms with Crippen LogP contribution in [0.25, 0.3) is 0 Å². The number of hydrogen-bond acceptors (Lipinski definition) is 4. The van der Waals surface area contributed by atoms with Gasteiger partial charge in [0.1, 0.15) is 5.82 Å². The quantitative estimate of drug-likeness (QED) is 0.887. The van der Waals surface area contributed by atoms with Gasteiger partial charge in [-0.05, 0) is 19.9 Å². The molecule has 0 fully saturated rings. The van der Waals surface area contributed by atoms with Crippen molar-refractivity contribution in [3.63, 3.8) is 0 Å². The van der Waals surface area contributed by atoms with Gasteiger partial charge >= 0.3 is 0 Å². The van der Waals surface area contributed by atoms with E-state index < -0.39 is 0 Å². The van der Waals surface area contributed by atoms with E-state index in [9.17, 15) is 4.79 Å². The minimum atomic E-state index is -0.166. The molecule has 1 amide bonds. The summed E-state index contributed by atoms with van der Waals surface area (Å²) in [5, 5.41) is 0.303. The van der Waals surface area contributed by atoms with E-state index in [1.54, 1.807) is 12.0 Å². The van der Waals surface area contributed by atoms with Crippen LogP contribution >= 0.6 is 11.6 Å². The van der Waals surface area contributed by atoms with Gasteiger partial charge in [-0.1, -0.05) is 11.6 Å². The number of halogens is 1. The fraction of sp³-hybridized carbons (Fsp3) is 0.500. The molecule has 1 aromatic rings. The number of anilines is 1. The third-order valence-electron chi connectivity index (χ3n) is 2.65. The molecule has 0 aromatic carbocycles. The largest absolute Gasteiger partial charge is 0.384 e. The molecule has 6 heteroatoms. The van der Waals surface area contributed by atoms with Crippen LogP contribution in [0.2, 0.25) is 5.02 Å². The predicted molar refractivity (Wildman–Crippen MR) is 71.7 cm³/mol. The Labute approximate surface area is 112 Å². The maximum Gasteiger partial charge on any atom is 0.255 e. The van der Waals surface area contributed by atoms with Crippen LogP contribution in [0.15, 0.2) is 12.3 Å². The van der Waals surface area contributed by atoms with Crippen LogP contribution < -0.4 is 5.73 Å². The van der Waals surface area contributed by atoms with Crippen LogP contribution in [0, 0.1) is 0 Å². The molecular formula is C12H18ClN3O2. The summed E-state index contributed by atoms with van der Waals surface area (Å²) in [5.74, 6) is 0.111. The molecule has 0 saturated carbocycles. The highest BCUT2D eigenvalue weighted by Crippen LogP contribution is 2.19. The minimum absolute atomic E-state index is 0.0297. The molecular weight excluding hydrogens is 254 g/mol. The molecule has 1 rings (SSSR count). The molecule has 1 unspecified atom stereocenters. The lowest BCUT2D eigenvalue weighted by atomic mass is 10.2. The summed E-state index contributed by atoms with van der Waals surface area (Å²) >= 11 is 5.98. The van der Waals surface area contributed by atoms with Gasteiger partial charge in [0.05, 0.1) is 23.2 Å². The zero-order valence-electron chi connectivity index (χ0n) is 10.8. The Morgan fingerprint density at radius 1 is 1.67 bits per heavy atom. The first-order valence-corrected chi connectivity index (χ1v) is 6.10. The van der Waals surface area contributed by atoms with Crippen LogP contribution in [0.4, 0.5) is 5.82 Å². The molecule has 2 N–H and O–H groups in total. The van der Waals surface area contributed by atoms with Crippen molar-refractivity contribution >= 4 is 23.3 Å². The molecule has 1 heterocycles. The van der Waals surface area contributed by atoms with Crippen molar-refractivity contribution in [2.75, 3.05) is 26.0 Å². The molecule has 100 valence electrons. The van der Waals surface area contributed by atoms with Crippen molar-refractivity contribution in [2.24, 2.45) is 0 Å². The van der Waals surface area contributed by atoms with E-state index in [0.29, 0.717) is 23.7 Å². The molecule has 0 aliphatic rings. The number of carbonyl (C=O) groups excluding carboxylic acids is 1. The average Bonchev–Trinajstić information content (AvgIpc) is 2.33. The Hall–Kier alpha value is -1.33. The Morgan fingerprint density at radius 3 is 2.89 bits per heavy atom. The highest BCUT2D eigenvalue weighted by atomic mass is 35.5. The number of nitrogens with two attached hydrogens (primary N) is 1. The Bertz CT molecular complexity index is 426. The van der Waals surface area contributed by atoms with Crippen molar-refractivity contribution in [3.05, 3.63) is 22.8 Å². The number of rotatable bonds is 5. The van der Waals surface area contributed by atoms with Gasteiger partial charge in [-0.3, -0.25) is 4.79 Å². The normalized spacial score (nSPS) is 12.2. The number of pyridine rings is 1. The summed E-state index contributed by atoms with van der Waals surface area (Å²) in [6, 6.07) is 1.46. The highest BCUT2D eigenvalue weighted by molar-refractivity contribution is 6.33. The molecule has 0 saturated heterocycles. The van der Waals surface area contributed by atoms with E-state index in [1.807, 2.05) is 13.8 Å². The van der Waals surface area contributed by atoms with E-state index in [1.165, 1.54) is 12.3 Å². The molecule has 5 nitrogen and oxygen atoms in total. The zero-order valence-corrected chi connectivity index (χ0v) is 11.6. The Balaban J connectivity index is 2.99. The summed E-state index contributed by atoms with van der Waals surface area (Å²) in [4.78, 5) is 17.9. The van der Waals surface area contributed by atoms with Gasteiger partial charge in [0.25, 0.3) is 5.91 Å². The van der Waals surface area contributed by atoms with E-state index in [4.69, 9.17) is 22.1 Å². The predicted octanol–water partition coefficient (Wildman–Crippen LogP) is 1.81. The third kappa shape index (κ3) is 3.34. The van der Waals surface area contributed by atoms with Gasteiger partial charge in [-0.15, -0.1) is 0 Å². The van der Waals surface area contributed by atoms with Crippen LogP contribution in [0.1, 0.15) is 24.2 Å². The van der Waals surface area contributed by atoms with Crippen LogP contribution in [-0.2, 0) is 4.74 Å². The van der Waals surface area contributed by atoms with Gasteiger partial charge in [0.2, 0.25) is 0 Å². The number of hydrogen-bond donors (Lipinski definition) is 1. The molecule has 0 radical (unpaired) electrons. The number of nitrogens with zero attached hydrogens (tertiary/aromatic N) is 2. The smallest absolute Gasteiger partial charge is 0.255 e. The van der Waals surface area contributed by atoms with Crippen molar-refractivity contribution in [1.82, 2.24) is 9.88 Å². The molecule has 18 heavy (non-hydrogen) atoms. The molecule has 1 atom stereocenters. The van der Waals surface area contributed by atoms with Crippen molar-refractivity contribution in [1.29, 1.82) is 0 Å². The average molecular weight is 272 g/mol. The summed E-state index contributed by atoms with van der Waals surface area (Å²) in [7, 11) is 1.60. The second-order valence-corrected chi connectivity index (χ2v) is 4.39. The van der Waals surface area contributed by atoms with Gasteiger partial charge in [-0.25, -0.2) is 4.98 Å². The monoisotopic (exact) mass is 271 g/mol. The first kappa shape index (κ1) is 14.7. The van der Waals surface area contributed by atoms with Crippen LogP contribution in [-0.4, -0.2) is 42.1 Å². The number of amides is 1. The van der Waals surface area contributed by atoms with Crippen molar-refractivity contribution in [3.8, 4) is 0 Å². The fourth-order valence-corrected chi connectivity index (χ4v) is 1.94. The summed E-state index contributed by atoms with van der Waals surface area (Å²) < 4.78 is 5.06. The van der Waals surface area contributed by atoms with Crippen LogP contribution in [0.5, 0.6) is 0 Å². The topological polar surface area (TPSA) is 68.5 Å². The number of likely N-dealkylation sites (N-methyl/N-ethyl adjacent to an activating group) is 1. The molecule has 0 bridgehead atoms. The third-order valence-corrected chi connectivity index (χ3v) is 2.95. The first-order chi connectivity index (χ1) is 8.51. The highest BCUT2D eigenvalue weighted by Gasteiger charge is 2.22. The second-order valence-electron chi connectivity index (χ2n) is 3.98. The number of nitrogen functional groups attached to an aromatic ring is 1. The van der Waals surface area contributed by atoms with Gasteiger partial charge in [-0.2, -0.15) is 0 Å². The first-order valence-electron chi connectivity index (χ1n) is 5.72. The standard InChI is InChI=1S/C12H18ClN3O2/c1-4-16(8(2)7-18-3)12(17)9-5-11(14)15-6-10(9)13/h5-6,8H,4,7H2,1-3H3,(H2,14,15). The van der Waals surface area contributed by atoms with Crippen molar-refractivity contribution < 1.29 is 9.53 Å².